The summed E-state index contributed by atoms with van der Waals surface area (Å²) < 4.78 is 5.43. The predicted octanol–water partition coefficient (Wildman–Crippen LogP) is 3.96. The summed E-state index contributed by atoms with van der Waals surface area (Å²) in [5, 5.41) is 0. The van der Waals surface area contributed by atoms with Gasteiger partial charge in [0.15, 0.2) is 0 Å². The summed E-state index contributed by atoms with van der Waals surface area (Å²) in [4.78, 5) is 16.5. The van der Waals surface area contributed by atoms with E-state index in [4.69, 9.17) is 4.74 Å². The standard InChI is InChI=1S/C22H30N2O2/c1-16-12-19(13-17(2)22(16)26-6)14-23(4)15-21(25)24(5)18(3)20-10-8-7-9-11-20/h7-13,18H,14-15H2,1-6H3. The van der Waals surface area contributed by atoms with Crippen LogP contribution < -0.4 is 4.74 Å². The Hall–Kier alpha value is -2.33. The lowest BCUT2D eigenvalue weighted by atomic mass is 10.1. The van der Waals surface area contributed by atoms with Crippen molar-refractivity contribution in [1.29, 1.82) is 0 Å². The number of ether oxygens (including phenoxy) is 1. The molecule has 4 nitrogen and oxygen atoms in total. The first-order valence-electron chi connectivity index (χ1n) is 8.96. The molecule has 2 aromatic rings. The molecule has 1 unspecified atom stereocenters. The fourth-order valence-corrected chi connectivity index (χ4v) is 3.33. The van der Waals surface area contributed by atoms with Gasteiger partial charge in [-0.1, -0.05) is 42.5 Å². The summed E-state index contributed by atoms with van der Waals surface area (Å²) in [5.74, 6) is 1.05. The minimum Gasteiger partial charge on any atom is -0.496 e. The van der Waals surface area contributed by atoms with Crippen molar-refractivity contribution in [3.63, 3.8) is 0 Å². The van der Waals surface area contributed by atoms with Gasteiger partial charge in [-0.15, -0.1) is 0 Å². The van der Waals surface area contributed by atoms with Crippen molar-refractivity contribution in [2.75, 3.05) is 27.7 Å². The largest absolute Gasteiger partial charge is 0.496 e. The molecule has 0 spiro atoms. The number of aryl methyl sites for hydroxylation is 2. The molecular weight excluding hydrogens is 324 g/mol. The Kier molecular flexibility index (Phi) is 6.81. The summed E-state index contributed by atoms with van der Waals surface area (Å²) in [5.41, 5.74) is 4.58. The van der Waals surface area contributed by atoms with E-state index in [9.17, 15) is 4.79 Å². The Morgan fingerprint density at radius 3 is 2.19 bits per heavy atom. The van der Waals surface area contributed by atoms with Crippen LogP contribution in [0.3, 0.4) is 0 Å². The molecule has 0 aliphatic carbocycles. The minimum atomic E-state index is 0.0579. The van der Waals surface area contributed by atoms with Gasteiger partial charge in [0.05, 0.1) is 19.7 Å². The molecule has 0 saturated carbocycles. The van der Waals surface area contributed by atoms with Crippen molar-refractivity contribution < 1.29 is 9.53 Å². The molecule has 1 atom stereocenters. The van der Waals surface area contributed by atoms with Crippen molar-refractivity contribution in [2.45, 2.75) is 33.4 Å². The number of rotatable bonds is 7. The number of carbonyl (C=O) groups is 1. The normalized spacial score (nSPS) is 12.1. The van der Waals surface area contributed by atoms with Crippen LogP contribution in [0.4, 0.5) is 0 Å². The molecule has 0 saturated heterocycles. The molecule has 0 aromatic heterocycles. The zero-order chi connectivity index (χ0) is 19.3. The van der Waals surface area contributed by atoms with Gasteiger partial charge in [0.25, 0.3) is 0 Å². The number of methoxy groups -OCH3 is 1. The fourth-order valence-electron chi connectivity index (χ4n) is 3.33. The van der Waals surface area contributed by atoms with Crippen molar-refractivity contribution in [1.82, 2.24) is 9.80 Å². The molecule has 2 aromatic carbocycles. The quantitative estimate of drug-likeness (QED) is 0.754. The highest BCUT2D eigenvalue weighted by Gasteiger charge is 2.18. The third kappa shape index (κ3) is 4.85. The Bertz CT molecular complexity index is 720. The number of hydrogen-bond donors (Lipinski definition) is 0. The second kappa shape index (κ2) is 8.86. The van der Waals surface area contributed by atoms with Crippen molar-refractivity contribution in [2.24, 2.45) is 0 Å². The van der Waals surface area contributed by atoms with Gasteiger partial charge in [0, 0.05) is 13.6 Å². The summed E-state index contributed by atoms with van der Waals surface area (Å²) in [6, 6.07) is 14.4. The summed E-state index contributed by atoms with van der Waals surface area (Å²) in [7, 11) is 5.55. The van der Waals surface area contributed by atoms with E-state index in [2.05, 4.69) is 49.9 Å². The van der Waals surface area contributed by atoms with Crippen LogP contribution in [0.25, 0.3) is 0 Å². The molecular formula is C22H30N2O2. The van der Waals surface area contributed by atoms with Crippen LogP contribution >= 0.6 is 0 Å². The third-order valence-corrected chi connectivity index (χ3v) is 4.84. The second-order valence-corrected chi connectivity index (χ2v) is 7.03. The molecule has 140 valence electrons. The Labute approximate surface area is 157 Å². The highest BCUT2D eigenvalue weighted by atomic mass is 16.5. The molecule has 26 heavy (non-hydrogen) atoms. The van der Waals surface area contributed by atoms with Crippen molar-refractivity contribution >= 4 is 5.91 Å². The van der Waals surface area contributed by atoms with Gasteiger partial charge in [-0.05, 0) is 50.1 Å². The maximum atomic E-state index is 12.7. The second-order valence-electron chi connectivity index (χ2n) is 7.03. The van der Waals surface area contributed by atoms with Crippen LogP contribution in [-0.2, 0) is 11.3 Å². The maximum absolute atomic E-state index is 12.7. The highest BCUT2D eigenvalue weighted by molar-refractivity contribution is 5.78. The lowest BCUT2D eigenvalue weighted by Gasteiger charge is -2.27. The topological polar surface area (TPSA) is 32.8 Å². The first-order valence-corrected chi connectivity index (χ1v) is 8.96. The average molecular weight is 354 g/mol. The van der Waals surface area contributed by atoms with Crippen LogP contribution in [0.2, 0.25) is 0 Å². The van der Waals surface area contributed by atoms with Crippen LogP contribution in [0.15, 0.2) is 42.5 Å². The lowest BCUT2D eigenvalue weighted by Crippen LogP contribution is -2.37. The molecule has 0 aliphatic rings. The van der Waals surface area contributed by atoms with Gasteiger partial charge in [-0.3, -0.25) is 9.69 Å². The van der Waals surface area contributed by atoms with Crippen molar-refractivity contribution in [3.05, 3.63) is 64.7 Å². The van der Waals surface area contributed by atoms with Crippen LogP contribution in [-0.4, -0.2) is 43.5 Å². The van der Waals surface area contributed by atoms with Gasteiger partial charge in [-0.2, -0.15) is 0 Å². The molecule has 0 bridgehead atoms. The van der Waals surface area contributed by atoms with Crippen molar-refractivity contribution in [3.8, 4) is 5.75 Å². The Morgan fingerprint density at radius 2 is 1.65 bits per heavy atom. The SMILES string of the molecule is COc1c(C)cc(CN(C)CC(=O)N(C)C(C)c2ccccc2)cc1C. The maximum Gasteiger partial charge on any atom is 0.236 e. The van der Waals surface area contributed by atoms with Gasteiger partial charge in [0.2, 0.25) is 5.91 Å². The summed E-state index contributed by atoms with van der Waals surface area (Å²) in [6.45, 7) is 7.28. The average Bonchev–Trinajstić information content (AvgIpc) is 2.60. The molecule has 4 heteroatoms. The third-order valence-electron chi connectivity index (χ3n) is 4.84. The molecule has 0 N–H and O–H groups in total. The van der Waals surface area contributed by atoms with Crippen LogP contribution in [0.1, 0.15) is 35.2 Å². The number of carbonyl (C=O) groups excluding carboxylic acids is 1. The first kappa shape index (κ1) is 20.0. The van der Waals surface area contributed by atoms with E-state index >= 15 is 0 Å². The number of hydrogen-bond acceptors (Lipinski definition) is 3. The van der Waals surface area contributed by atoms with Gasteiger partial charge >= 0.3 is 0 Å². The smallest absolute Gasteiger partial charge is 0.236 e. The predicted molar refractivity (Wildman–Crippen MR) is 106 cm³/mol. The monoisotopic (exact) mass is 354 g/mol. The zero-order valence-corrected chi connectivity index (χ0v) is 16.7. The van der Waals surface area contributed by atoms with Crippen LogP contribution in [0.5, 0.6) is 5.75 Å². The number of benzene rings is 2. The van der Waals surface area contributed by atoms with Gasteiger partial charge < -0.3 is 9.64 Å². The molecule has 0 radical (unpaired) electrons. The van der Waals surface area contributed by atoms with E-state index in [-0.39, 0.29) is 11.9 Å². The summed E-state index contributed by atoms with van der Waals surface area (Å²) in [6.07, 6.45) is 0. The molecule has 1 amide bonds. The molecule has 0 heterocycles. The molecule has 0 aliphatic heterocycles. The minimum absolute atomic E-state index is 0.0579. The Balaban J connectivity index is 1.98. The first-order chi connectivity index (χ1) is 12.3. The lowest BCUT2D eigenvalue weighted by molar-refractivity contribution is -0.132. The zero-order valence-electron chi connectivity index (χ0n) is 16.7. The molecule has 2 rings (SSSR count). The molecule has 0 fully saturated rings. The van der Waals surface area contributed by atoms with E-state index in [1.807, 2.05) is 37.2 Å². The van der Waals surface area contributed by atoms with E-state index in [0.717, 1.165) is 29.0 Å². The van der Waals surface area contributed by atoms with E-state index in [0.29, 0.717) is 6.54 Å². The Morgan fingerprint density at radius 1 is 1.08 bits per heavy atom. The van der Waals surface area contributed by atoms with E-state index in [1.54, 1.807) is 7.11 Å². The number of nitrogens with zero attached hydrogens (tertiary/aromatic N) is 2. The number of amides is 1. The van der Waals surface area contributed by atoms with E-state index < -0.39 is 0 Å². The number of likely N-dealkylation sites (N-methyl/N-ethyl adjacent to an activating group) is 2. The highest BCUT2D eigenvalue weighted by Crippen LogP contribution is 2.25. The van der Waals surface area contributed by atoms with E-state index in [1.165, 1.54) is 5.56 Å². The summed E-state index contributed by atoms with van der Waals surface area (Å²) >= 11 is 0. The van der Waals surface area contributed by atoms with Gasteiger partial charge in [0.1, 0.15) is 5.75 Å². The van der Waals surface area contributed by atoms with Crippen LogP contribution in [0, 0.1) is 13.8 Å². The fraction of sp³-hybridized carbons (Fsp3) is 0.409. The van der Waals surface area contributed by atoms with Gasteiger partial charge in [-0.25, -0.2) is 0 Å².